The standard InChI is InChI=1S/C28H34O6/c1-14(19-13-25(2)27(4,34-25)24(30)32-19)15-7-9-17-16(12-15)8-10-18-21(17)22-23(33-22)28(31)11-5-6-20(29)26(18,28)3/h5-7,9,12,14,18-19,21-24,30-31H,8,10-11,13H2,1-4H3/t14-,18+,19-,21-,22-,23-,24-,25+,26-,27-,28-/m0/s1. The molecule has 7 rings (SSSR count). The van der Waals surface area contributed by atoms with Gasteiger partial charge in [0, 0.05) is 18.3 Å². The first-order valence-electron chi connectivity index (χ1n) is 12.8. The number of rotatable bonds is 2. The summed E-state index contributed by atoms with van der Waals surface area (Å²) < 4.78 is 18.0. The number of carbonyl (C=O) groups excluding carboxylic acids is 1. The van der Waals surface area contributed by atoms with Crippen LogP contribution in [0.3, 0.4) is 0 Å². The van der Waals surface area contributed by atoms with Gasteiger partial charge in [-0.1, -0.05) is 31.2 Å². The van der Waals surface area contributed by atoms with Crippen molar-refractivity contribution in [2.45, 2.75) is 107 Å². The second-order valence-corrected chi connectivity index (χ2v) is 12.2. The average molecular weight is 467 g/mol. The van der Waals surface area contributed by atoms with Crippen LogP contribution >= 0.6 is 0 Å². The zero-order valence-electron chi connectivity index (χ0n) is 20.3. The SMILES string of the molecule is C[C@@H](c1ccc2c(c1)CC[C@@H]1[C@H]2[C@@H]2O[C@@H]2[C@@]2(O)CC=CC(=O)[C@]12C)[C@@H]1C[C@@]2(C)O[C@@]2(C)[C@@H](O)O1. The van der Waals surface area contributed by atoms with Gasteiger partial charge in [0.05, 0.1) is 17.6 Å². The minimum atomic E-state index is -1.11. The lowest BCUT2D eigenvalue weighted by atomic mass is 9.48. The van der Waals surface area contributed by atoms with Gasteiger partial charge >= 0.3 is 0 Å². The summed E-state index contributed by atoms with van der Waals surface area (Å²) in [5.41, 5.74) is 0.920. The highest BCUT2D eigenvalue weighted by Crippen LogP contribution is 2.66. The van der Waals surface area contributed by atoms with Gasteiger partial charge in [-0.2, -0.15) is 0 Å². The van der Waals surface area contributed by atoms with Gasteiger partial charge in [0.25, 0.3) is 0 Å². The van der Waals surface area contributed by atoms with E-state index in [0.29, 0.717) is 6.42 Å². The monoisotopic (exact) mass is 466 g/mol. The molecule has 3 heterocycles. The van der Waals surface area contributed by atoms with Crippen molar-refractivity contribution in [2.24, 2.45) is 11.3 Å². The Morgan fingerprint density at radius 3 is 2.74 bits per heavy atom. The molecule has 0 unspecified atom stereocenters. The molecule has 1 saturated carbocycles. The molecule has 0 aromatic heterocycles. The van der Waals surface area contributed by atoms with Gasteiger partial charge in [-0.3, -0.25) is 4.79 Å². The number of aliphatic hydroxyl groups excluding tert-OH is 1. The van der Waals surface area contributed by atoms with Gasteiger partial charge in [-0.05, 0) is 68.7 Å². The zero-order valence-corrected chi connectivity index (χ0v) is 20.3. The van der Waals surface area contributed by atoms with Crippen LogP contribution in [0, 0.1) is 11.3 Å². The first kappa shape index (κ1) is 21.7. The van der Waals surface area contributed by atoms with E-state index in [4.69, 9.17) is 14.2 Å². The number of ketones is 1. The lowest BCUT2D eigenvalue weighted by molar-refractivity contribution is -0.187. The van der Waals surface area contributed by atoms with E-state index in [1.807, 2.05) is 19.9 Å². The number of epoxide rings is 2. The molecule has 11 atom stereocenters. The van der Waals surface area contributed by atoms with E-state index in [1.54, 1.807) is 6.08 Å². The van der Waals surface area contributed by atoms with Crippen LogP contribution < -0.4 is 0 Å². The van der Waals surface area contributed by atoms with E-state index in [9.17, 15) is 15.0 Å². The maximum Gasteiger partial charge on any atom is 0.186 e. The summed E-state index contributed by atoms with van der Waals surface area (Å²) in [5.74, 6) is 0.351. The molecule has 2 N–H and O–H groups in total. The van der Waals surface area contributed by atoms with Crippen molar-refractivity contribution in [1.29, 1.82) is 0 Å². The Kier molecular flexibility index (Phi) is 4.08. The number of hydrogen-bond acceptors (Lipinski definition) is 6. The van der Waals surface area contributed by atoms with E-state index in [1.165, 1.54) is 16.7 Å². The molecular weight excluding hydrogens is 432 g/mol. The normalized spacial score (nSPS) is 53.1. The van der Waals surface area contributed by atoms with Crippen molar-refractivity contribution in [3.05, 3.63) is 47.0 Å². The third-order valence-electron chi connectivity index (χ3n) is 10.8. The summed E-state index contributed by atoms with van der Waals surface area (Å²) >= 11 is 0. The van der Waals surface area contributed by atoms with E-state index < -0.39 is 22.9 Å². The predicted octanol–water partition coefficient (Wildman–Crippen LogP) is 3.14. The molecule has 182 valence electrons. The average Bonchev–Trinajstić information content (AvgIpc) is 3.70. The fourth-order valence-electron chi connectivity index (χ4n) is 8.09. The number of carbonyl (C=O) groups is 1. The molecule has 0 radical (unpaired) electrons. The van der Waals surface area contributed by atoms with E-state index >= 15 is 0 Å². The van der Waals surface area contributed by atoms with Gasteiger partial charge in [0.1, 0.15) is 22.9 Å². The fourth-order valence-corrected chi connectivity index (χ4v) is 8.09. The minimum absolute atomic E-state index is 0.0221. The van der Waals surface area contributed by atoms with Crippen LogP contribution in [-0.4, -0.2) is 57.4 Å². The molecule has 3 aliphatic heterocycles. The van der Waals surface area contributed by atoms with Crippen molar-refractivity contribution >= 4 is 5.78 Å². The second-order valence-electron chi connectivity index (χ2n) is 12.2. The fraction of sp³-hybridized carbons (Fsp3) is 0.679. The summed E-state index contributed by atoms with van der Waals surface area (Å²) in [7, 11) is 0. The summed E-state index contributed by atoms with van der Waals surface area (Å²) in [6, 6.07) is 6.68. The van der Waals surface area contributed by atoms with E-state index in [0.717, 1.165) is 19.3 Å². The number of hydrogen-bond donors (Lipinski definition) is 2. The Hall–Kier alpha value is -1.57. The molecule has 34 heavy (non-hydrogen) atoms. The van der Waals surface area contributed by atoms with Crippen molar-refractivity contribution in [3.63, 3.8) is 0 Å². The van der Waals surface area contributed by atoms with Crippen LogP contribution in [0.2, 0.25) is 0 Å². The number of ether oxygens (including phenoxy) is 3. The number of aryl methyl sites for hydroxylation is 1. The highest BCUT2D eigenvalue weighted by molar-refractivity contribution is 5.97. The number of fused-ring (bicyclic) bond motifs is 9. The summed E-state index contributed by atoms with van der Waals surface area (Å²) in [5, 5.41) is 22.1. The molecule has 0 bridgehead atoms. The third-order valence-corrected chi connectivity index (χ3v) is 10.8. The highest BCUT2D eigenvalue weighted by Gasteiger charge is 2.75. The van der Waals surface area contributed by atoms with Gasteiger partial charge in [-0.15, -0.1) is 0 Å². The molecule has 6 heteroatoms. The lowest BCUT2D eigenvalue weighted by Gasteiger charge is -2.55. The molecular formula is C28H34O6. The second kappa shape index (κ2) is 6.40. The van der Waals surface area contributed by atoms with Crippen LogP contribution in [0.1, 0.15) is 75.5 Å². The molecule has 3 saturated heterocycles. The number of benzene rings is 1. The van der Waals surface area contributed by atoms with Gasteiger partial charge in [0.15, 0.2) is 12.1 Å². The van der Waals surface area contributed by atoms with Crippen molar-refractivity contribution in [3.8, 4) is 0 Å². The largest absolute Gasteiger partial charge is 0.386 e. The zero-order chi connectivity index (χ0) is 23.8. The smallest absolute Gasteiger partial charge is 0.186 e. The highest BCUT2D eigenvalue weighted by atomic mass is 16.7. The number of aliphatic hydroxyl groups is 2. The van der Waals surface area contributed by atoms with Gasteiger partial charge in [-0.25, -0.2) is 0 Å². The van der Waals surface area contributed by atoms with Crippen molar-refractivity contribution in [1.82, 2.24) is 0 Å². The van der Waals surface area contributed by atoms with Crippen LogP contribution in [0.5, 0.6) is 0 Å². The molecule has 4 fully saturated rings. The predicted molar refractivity (Wildman–Crippen MR) is 123 cm³/mol. The first-order valence-corrected chi connectivity index (χ1v) is 12.8. The summed E-state index contributed by atoms with van der Waals surface area (Å²) in [6.45, 7) is 8.10. The number of allylic oxidation sites excluding steroid dienone is 1. The minimum Gasteiger partial charge on any atom is -0.386 e. The maximum atomic E-state index is 13.2. The molecule has 6 nitrogen and oxygen atoms in total. The van der Waals surface area contributed by atoms with Crippen LogP contribution in [0.25, 0.3) is 0 Å². The lowest BCUT2D eigenvalue weighted by Crippen LogP contribution is -2.65. The quantitative estimate of drug-likeness (QED) is 0.651. The molecule has 0 spiro atoms. The topological polar surface area (TPSA) is 91.8 Å². The Balaban J connectivity index is 1.20. The van der Waals surface area contributed by atoms with Crippen molar-refractivity contribution < 1.29 is 29.2 Å². The van der Waals surface area contributed by atoms with Crippen LogP contribution in [0.15, 0.2) is 30.4 Å². The van der Waals surface area contributed by atoms with E-state index in [-0.39, 0.29) is 47.4 Å². The Morgan fingerprint density at radius 1 is 1.18 bits per heavy atom. The Morgan fingerprint density at radius 2 is 1.97 bits per heavy atom. The van der Waals surface area contributed by atoms with Crippen LogP contribution in [0.4, 0.5) is 0 Å². The molecule has 0 amide bonds. The van der Waals surface area contributed by atoms with E-state index in [2.05, 4.69) is 32.0 Å². The first-order chi connectivity index (χ1) is 16.0. The van der Waals surface area contributed by atoms with Crippen LogP contribution in [-0.2, 0) is 25.4 Å². The maximum absolute atomic E-state index is 13.2. The van der Waals surface area contributed by atoms with Gasteiger partial charge in [0.2, 0.25) is 0 Å². The Labute approximate surface area is 200 Å². The summed E-state index contributed by atoms with van der Waals surface area (Å²) in [4.78, 5) is 13.2. The Bertz CT molecular complexity index is 1130. The third kappa shape index (κ3) is 2.42. The summed E-state index contributed by atoms with van der Waals surface area (Å²) in [6.07, 6.45) is 5.14. The molecule has 3 aliphatic carbocycles. The molecule has 1 aromatic rings. The van der Waals surface area contributed by atoms with Crippen molar-refractivity contribution in [2.75, 3.05) is 0 Å². The molecule has 6 aliphatic rings. The van der Waals surface area contributed by atoms with Gasteiger partial charge < -0.3 is 24.4 Å². The molecule has 1 aromatic carbocycles.